The van der Waals surface area contributed by atoms with E-state index in [-0.39, 0.29) is 5.91 Å². The zero-order valence-corrected chi connectivity index (χ0v) is 14.4. The van der Waals surface area contributed by atoms with Crippen molar-refractivity contribution in [3.05, 3.63) is 53.1 Å². The first-order valence-electron chi connectivity index (χ1n) is 7.59. The van der Waals surface area contributed by atoms with E-state index in [0.29, 0.717) is 23.7 Å². The Labute approximate surface area is 142 Å². The Balaban J connectivity index is 2.32. The SMILES string of the molecule is CCN(CC)C(=O)c1cc(Cl)ccc1Nc1ccc(OC)cc1. The molecule has 2 aromatic rings. The third kappa shape index (κ3) is 4.17. The Bertz CT molecular complexity index is 667. The molecule has 1 N–H and O–H groups in total. The number of carbonyl (C=O) groups excluding carboxylic acids is 1. The molecule has 2 aromatic carbocycles. The summed E-state index contributed by atoms with van der Waals surface area (Å²) in [5.74, 6) is 0.750. The maximum absolute atomic E-state index is 12.7. The fraction of sp³-hybridized carbons (Fsp3) is 0.278. The molecule has 0 unspecified atom stereocenters. The van der Waals surface area contributed by atoms with E-state index < -0.39 is 0 Å². The Kier molecular flexibility index (Phi) is 5.88. The molecule has 0 fully saturated rings. The fourth-order valence-electron chi connectivity index (χ4n) is 2.31. The quantitative estimate of drug-likeness (QED) is 0.842. The van der Waals surface area contributed by atoms with E-state index in [9.17, 15) is 4.79 Å². The molecule has 0 radical (unpaired) electrons. The molecule has 0 atom stereocenters. The van der Waals surface area contributed by atoms with Crippen LogP contribution in [0.4, 0.5) is 11.4 Å². The lowest BCUT2D eigenvalue weighted by Gasteiger charge is -2.21. The van der Waals surface area contributed by atoms with Gasteiger partial charge in [-0.25, -0.2) is 0 Å². The summed E-state index contributed by atoms with van der Waals surface area (Å²) in [5, 5.41) is 3.82. The van der Waals surface area contributed by atoms with Crippen LogP contribution in [0.15, 0.2) is 42.5 Å². The van der Waals surface area contributed by atoms with Crippen LogP contribution in [0, 0.1) is 0 Å². The number of carbonyl (C=O) groups is 1. The molecule has 0 saturated heterocycles. The number of benzene rings is 2. The van der Waals surface area contributed by atoms with Crippen LogP contribution in [0.3, 0.4) is 0 Å². The van der Waals surface area contributed by atoms with E-state index in [1.54, 1.807) is 24.1 Å². The van der Waals surface area contributed by atoms with E-state index in [2.05, 4.69) is 5.32 Å². The number of halogens is 1. The van der Waals surface area contributed by atoms with E-state index in [4.69, 9.17) is 16.3 Å². The van der Waals surface area contributed by atoms with Crippen LogP contribution in [-0.4, -0.2) is 31.0 Å². The third-order valence-electron chi connectivity index (χ3n) is 3.63. The normalized spacial score (nSPS) is 10.3. The highest BCUT2D eigenvalue weighted by Gasteiger charge is 2.17. The van der Waals surface area contributed by atoms with E-state index >= 15 is 0 Å². The Hall–Kier alpha value is -2.20. The van der Waals surface area contributed by atoms with Crippen molar-refractivity contribution in [1.82, 2.24) is 4.90 Å². The average molecular weight is 333 g/mol. The summed E-state index contributed by atoms with van der Waals surface area (Å²) < 4.78 is 5.15. The number of methoxy groups -OCH3 is 1. The Morgan fingerprint density at radius 1 is 1.13 bits per heavy atom. The monoisotopic (exact) mass is 332 g/mol. The van der Waals surface area contributed by atoms with Crippen molar-refractivity contribution in [3.8, 4) is 5.75 Å². The summed E-state index contributed by atoms with van der Waals surface area (Å²) in [7, 11) is 1.63. The summed E-state index contributed by atoms with van der Waals surface area (Å²) in [5.41, 5.74) is 2.18. The van der Waals surface area contributed by atoms with Gasteiger partial charge in [-0.2, -0.15) is 0 Å². The van der Waals surface area contributed by atoms with Crippen LogP contribution >= 0.6 is 11.6 Å². The van der Waals surface area contributed by atoms with Crippen molar-refractivity contribution >= 4 is 28.9 Å². The Morgan fingerprint density at radius 2 is 1.78 bits per heavy atom. The topological polar surface area (TPSA) is 41.6 Å². The first-order valence-corrected chi connectivity index (χ1v) is 7.96. The predicted octanol–water partition coefficient (Wildman–Crippen LogP) is 4.57. The second-order valence-electron chi connectivity index (χ2n) is 5.02. The predicted molar refractivity (Wildman–Crippen MR) is 95.0 cm³/mol. The first-order chi connectivity index (χ1) is 11.1. The molecule has 0 aliphatic carbocycles. The molecule has 122 valence electrons. The van der Waals surface area contributed by atoms with Crippen LogP contribution in [-0.2, 0) is 0 Å². The molecular formula is C18H21ClN2O2. The minimum atomic E-state index is -0.0338. The van der Waals surface area contributed by atoms with Gasteiger partial charge in [0.05, 0.1) is 18.4 Å². The highest BCUT2D eigenvalue weighted by atomic mass is 35.5. The second kappa shape index (κ2) is 7.88. The molecule has 2 rings (SSSR count). The van der Waals surface area contributed by atoms with Gasteiger partial charge >= 0.3 is 0 Å². The molecular weight excluding hydrogens is 312 g/mol. The van der Waals surface area contributed by atoms with Gasteiger partial charge in [0.2, 0.25) is 0 Å². The summed E-state index contributed by atoms with van der Waals surface area (Å²) >= 11 is 6.08. The molecule has 0 heterocycles. The summed E-state index contributed by atoms with van der Waals surface area (Å²) in [4.78, 5) is 14.4. The molecule has 0 spiro atoms. The van der Waals surface area contributed by atoms with Crippen LogP contribution in [0.1, 0.15) is 24.2 Å². The first kappa shape index (κ1) is 17.2. The van der Waals surface area contributed by atoms with Gasteiger partial charge in [0.25, 0.3) is 5.91 Å². The third-order valence-corrected chi connectivity index (χ3v) is 3.87. The van der Waals surface area contributed by atoms with Crippen LogP contribution in [0.2, 0.25) is 5.02 Å². The van der Waals surface area contributed by atoms with Gasteiger partial charge in [0.1, 0.15) is 5.75 Å². The van der Waals surface area contributed by atoms with E-state index in [0.717, 1.165) is 17.1 Å². The number of amides is 1. The molecule has 5 heteroatoms. The van der Waals surface area contributed by atoms with Crippen molar-refractivity contribution in [2.45, 2.75) is 13.8 Å². The molecule has 0 aromatic heterocycles. The summed E-state index contributed by atoms with van der Waals surface area (Å²) in [6.45, 7) is 5.23. The molecule has 23 heavy (non-hydrogen) atoms. The maximum Gasteiger partial charge on any atom is 0.255 e. The highest BCUT2D eigenvalue weighted by molar-refractivity contribution is 6.31. The van der Waals surface area contributed by atoms with Crippen LogP contribution < -0.4 is 10.1 Å². The van der Waals surface area contributed by atoms with Crippen molar-refractivity contribution in [1.29, 1.82) is 0 Å². The summed E-state index contributed by atoms with van der Waals surface area (Å²) in [6.07, 6.45) is 0. The van der Waals surface area contributed by atoms with Gasteiger partial charge in [0, 0.05) is 23.8 Å². The largest absolute Gasteiger partial charge is 0.497 e. The molecule has 0 aliphatic rings. The van der Waals surface area contributed by atoms with Gasteiger partial charge in [-0.05, 0) is 56.3 Å². The number of hydrogen-bond acceptors (Lipinski definition) is 3. The minimum Gasteiger partial charge on any atom is -0.497 e. The molecule has 0 aliphatic heterocycles. The molecule has 4 nitrogen and oxygen atoms in total. The minimum absolute atomic E-state index is 0.0338. The van der Waals surface area contributed by atoms with Crippen molar-refractivity contribution in [2.24, 2.45) is 0 Å². The Morgan fingerprint density at radius 3 is 2.35 bits per heavy atom. The number of nitrogens with zero attached hydrogens (tertiary/aromatic N) is 1. The highest BCUT2D eigenvalue weighted by Crippen LogP contribution is 2.26. The maximum atomic E-state index is 12.7. The number of rotatable bonds is 6. The van der Waals surface area contributed by atoms with Crippen molar-refractivity contribution in [2.75, 3.05) is 25.5 Å². The fourth-order valence-corrected chi connectivity index (χ4v) is 2.49. The van der Waals surface area contributed by atoms with Crippen molar-refractivity contribution < 1.29 is 9.53 Å². The number of nitrogens with one attached hydrogen (secondary N) is 1. The van der Waals surface area contributed by atoms with E-state index in [1.165, 1.54) is 0 Å². The lowest BCUT2D eigenvalue weighted by atomic mass is 10.1. The van der Waals surface area contributed by atoms with Crippen LogP contribution in [0.25, 0.3) is 0 Å². The molecule has 0 bridgehead atoms. The van der Waals surface area contributed by atoms with Gasteiger partial charge in [-0.1, -0.05) is 11.6 Å². The van der Waals surface area contributed by atoms with E-state index in [1.807, 2.05) is 44.2 Å². The smallest absolute Gasteiger partial charge is 0.255 e. The molecule has 0 saturated carbocycles. The van der Waals surface area contributed by atoms with Crippen LogP contribution in [0.5, 0.6) is 5.75 Å². The standard InChI is InChI=1S/C18H21ClN2O2/c1-4-21(5-2)18(22)16-12-13(19)6-11-17(16)20-14-7-9-15(23-3)10-8-14/h6-12,20H,4-5H2,1-3H3. The van der Waals surface area contributed by atoms with Gasteiger partial charge < -0.3 is 15.0 Å². The van der Waals surface area contributed by atoms with Gasteiger partial charge in [0.15, 0.2) is 0 Å². The lowest BCUT2D eigenvalue weighted by molar-refractivity contribution is 0.0774. The number of ether oxygens (including phenoxy) is 1. The zero-order valence-electron chi connectivity index (χ0n) is 13.6. The summed E-state index contributed by atoms with van der Waals surface area (Å²) in [6, 6.07) is 12.8. The van der Waals surface area contributed by atoms with Crippen molar-refractivity contribution in [3.63, 3.8) is 0 Å². The number of hydrogen-bond donors (Lipinski definition) is 1. The van der Waals surface area contributed by atoms with Gasteiger partial charge in [-0.15, -0.1) is 0 Å². The number of anilines is 2. The second-order valence-corrected chi connectivity index (χ2v) is 5.46. The zero-order chi connectivity index (χ0) is 16.8. The molecule has 1 amide bonds. The van der Waals surface area contributed by atoms with Gasteiger partial charge in [-0.3, -0.25) is 4.79 Å². The average Bonchev–Trinajstić information content (AvgIpc) is 2.58. The lowest BCUT2D eigenvalue weighted by Crippen LogP contribution is -2.30.